The standard InChI is InChI=1S/C15H22N4O3/c1-10(16)14(21)18-9-13(20)19-12(15(22)17-2)8-11-6-4-3-5-7-11/h3-7,10,12H,8-9,16H2,1-2H3,(H,17,22)(H,18,21)(H,19,20)/t10-,12-/m0/s1. The second kappa shape index (κ2) is 8.78. The maximum absolute atomic E-state index is 11.9. The lowest BCUT2D eigenvalue weighted by Crippen LogP contribution is -2.51. The molecular weight excluding hydrogens is 284 g/mol. The van der Waals surface area contributed by atoms with Crippen LogP contribution in [0.5, 0.6) is 0 Å². The van der Waals surface area contributed by atoms with Crippen LogP contribution in [0.3, 0.4) is 0 Å². The predicted molar refractivity (Wildman–Crippen MR) is 82.8 cm³/mol. The highest BCUT2D eigenvalue weighted by Crippen LogP contribution is 2.03. The summed E-state index contributed by atoms with van der Waals surface area (Å²) in [6.07, 6.45) is 0.369. The van der Waals surface area contributed by atoms with E-state index in [0.29, 0.717) is 6.42 Å². The molecule has 3 amide bonds. The molecule has 22 heavy (non-hydrogen) atoms. The van der Waals surface area contributed by atoms with E-state index in [1.54, 1.807) is 0 Å². The van der Waals surface area contributed by atoms with E-state index in [1.165, 1.54) is 14.0 Å². The number of nitrogens with two attached hydrogens (primary N) is 1. The molecule has 0 unspecified atom stereocenters. The van der Waals surface area contributed by atoms with Crippen molar-refractivity contribution in [2.75, 3.05) is 13.6 Å². The first kappa shape index (κ1) is 17.6. The van der Waals surface area contributed by atoms with E-state index in [9.17, 15) is 14.4 Å². The van der Waals surface area contributed by atoms with E-state index < -0.39 is 23.9 Å². The van der Waals surface area contributed by atoms with Crippen molar-refractivity contribution in [3.8, 4) is 0 Å². The van der Waals surface area contributed by atoms with Gasteiger partial charge in [0.05, 0.1) is 12.6 Å². The van der Waals surface area contributed by atoms with Gasteiger partial charge in [0.15, 0.2) is 0 Å². The highest BCUT2D eigenvalue weighted by Gasteiger charge is 2.20. The lowest BCUT2D eigenvalue weighted by molar-refractivity contribution is -0.129. The van der Waals surface area contributed by atoms with Gasteiger partial charge in [-0.3, -0.25) is 14.4 Å². The third-order valence-electron chi connectivity index (χ3n) is 3.02. The second-order valence-corrected chi connectivity index (χ2v) is 4.93. The summed E-state index contributed by atoms with van der Waals surface area (Å²) in [5, 5.41) is 7.52. The Hall–Kier alpha value is -2.41. The van der Waals surface area contributed by atoms with Crippen molar-refractivity contribution in [2.45, 2.75) is 25.4 Å². The molecular formula is C15H22N4O3. The van der Waals surface area contributed by atoms with Gasteiger partial charge < -0.3 is 21.7 Å². The summed E-state index contributed by atoms with van der Waals surface area (Å²) in [7, 11) is 1.50. The van der Waals surface area contributed by atoms with Gasteiger partial charge in [0.25, 0.3) is 0 Å². The lowest BCUT2D eigenvalue weighted by Gasteiger charge is -2.18. The molecule has 0 aliphatic carbocycles. The van der Waals surface area contributed by atoms with Gasteiger partial charge in [-0.2, -0.15) is 0 Å². The molecule has 1 aromatic rings. The first-order chi connectivity index (χ1) is 10.4. The minimum absolute atomic E-state index is 0.220. The lowest BCUT2D eigenvalue weighted by atomic mass is 10.1. The minimum atomic E-state index is -0.702. The third-order valence-corrected chi connectivity index (χ3v) is 3.02. The first-order valence-electron chi connectivity index (χ1n) is 7.02. The van der Waals surface area contributed by atoms with Crippen LogP contribution >= 0.6 is 0 Å². The number of rotatable bonds is 7. The molecule has 7 heteroatoms. The van der Waals surface area contributed by atoms with Crippen molar-refractivity contribution in [3.63, 3.8) is 0 Å². The van der Waals surface area contributed by atoms with Crippen LogP contribution in [-0.2, 0) is 20.8 Å². The van der Waals surface area contributed by atoms with E-state index in [1.807, 2.05) is 30.3 Å². The fourth-order valence-corrected chi connectivity index (χ4v) is 1.81. The summed E-state index contributed by atoms with van der Waals surface area (Å²) in [6, 6.07) is 7.96. The molecule has 0 bridgehead atoms. The van der Waals surface area contributed by atoms with Crippen LogP contribution in [0.25, 0.3) is 0 Å². The normalized spacial score (nSPS) is 12.9. The number of likely N-dealkylation sites (N-methyl/N-ethyl adjacent to an activating group) is 1. The zero-order valence-corrected chi connectivity index (χ0v) is 12.8. The highest BCUT2D eigenvalue weighted by atomic mass is 16.2. The smallest absolute Gasteiger partial charge is 0.242 e. The monoisotopic (exact) mass is 306 g/mol. The molecule has 0 spiro atoms. The van der Waals surface area contributed by atoms with Crippen molar-refractivity contribution in [1.82, 2.24) is 16.0 Å². The molecule has 120 valence electrons. The van der Waals surface area contributed by atoms with Gasteiger partial charge in [0, 0.05) is 13.5 Å². The van der Waals surface area contributed by atoms with Crippen LogP contribution in [0, 0.1) is 0 Å². The molecule has 7 nitrogen and oxygen atoms in total. The Morgan fingerprint density at radius 1 is 1.14 bits per heavy atom. The zero-order chi connectivity index (χ0) is 16.5. The molecule has 0 aliphatic heterocycles. The quantitative estimate of drug-likeness (QED) is 0.513. The van der Waals surface area contributed by atoms with Gasteiger partial charge in [-0.1, -0.05) is 30.3 Å². The maximum Gasteiger partial charge on any atom is 0.242 e. The van der Waals surface area contributed by atoms with E-state index in [4.69, 9.17) is 5.73 Å². The average molecular weight is 306 g/mol. The highest BCUT2D eigenvalue weighted by molar-refractivity contribution is 5.91. The molecule has 0 fully saturated rings. The van der Waals surface area contributed by atoms with Gasteiger partial charge in [-0.25, -0.2) is 0 Å². The number of hydrogen-bond acceptors (Lipinski definition) is 4. The van der Waals surface area contributed by atoms with Crippen LogP contribution in [0.4, 0.5) is 0 Å². The van der Waals surface area contributed by atoms with Crippen molar-refractivity contribution in [3.05, 3.63) is 35.9 Å². The summed E-state index contributed by atoms with van der Waals surface area (Å²) in [4.78, 5) is 35.0. The Morgan fingerprint density at radius 3 is 2.32 bits per heavy atom. The molecule has 1 aromatic carbocycles. The Bertz CT molecular complexity index is 517. The van der Waals surface area contributed by atoms with Gasteiger partial charge in [0.2, 0.25) is 17.7 Å². The van der Waals surface area contributed by atoms with Crippen molar-refractivity contribution < 1.29 is 14.4 Å². The average Bonchev–Trinajstić information content (AvgIpc) is 2.52. The molecule has 1 rings (SSSR count). The van der Waals surface area contributed by atoms with Gasteiger partial charge >= 0.3 is 0 Å². The molecule has 0 aromatic heterocycles. The first-order valence-corrected chi connectivity index (χ1v) is 7.02. The number of hydrogen-bond donors (Lipinski definition) is 4. The van der Waals surface area contributed by atoms with Crippen LogP contribution < -0.4 is 21.7 Å². The predicted octanol–water partition coefficient (Wildman–Crippen LogP) is -1.08. The van der Waals surface area contributed by atoms with E-state index in [0.717, 1.165) is 5.56 Å². The zero-order valence-electron chi connectivity index (χ0n) is 12.8. The largest absolute Gasteiger partial charge is 0.357 e. The van der Waals surface area contributed by atoms with Crippen molar-refractivity contribution in [2.24, 2.45) is 5.73 Å². The molecule has 0 aliphatic rings. The van der Waals surface area contributed by atoms with E-state index in [2.05, 4.69) is 16.0 Å². The van der Waals surface area contributed by atoms with Crippen LogP contribution in [-0.4, -0.2) is 43.4 Å². The number of benzene rings is 1. The molecule has 0 saturated heterocycles. The van der Waals surface area contributed by atoms with E-state index in [-0.39, 0.29) is 12.5 Å². The summed E-state index contributed by atoms with van der Waals surface area (Å²) >= 11 is 0. The summed E-state index contributed by atoms with van der Waals surface area (Å²) in [6.45, 7) is 1.30. The SMILES string of the molecule is CNC(=O)[C@H](Cc1ccccc1)NC(=O)CNC(=O)[C@H](C)N. The van der Waals surface area contributed by atoms with E-state index >= 15 is 0 Å². The van der Waals surface area contributed by atoms with Gasteiger partial charge in [0.1, 0.15) is 6.04 Å². The Balaban J connectivity index is 2.60. The summed E-state index contributed by atoms with van der Waals surface area (Å²) < 4.78 is 0. The Morgan fingerprint density at radius 2 is 1.77 bits per heavy atom. The summed E-state index contributed by atoms with van der Waals surface area (Å²) in [5.74, 6) is -1.16. The Labute approximate surface area is 129 Å². The second-order valence-electron chi connectivity index (χ2n) is 4.93. The number of nitrogens with one attached hydrogen (secondary N) is 3. The van der Waals surface area contributed by atoms with Crippen molar-refractivity contribution in [1.29, 1.82) is 0 Å². The van der Waals surface area contributed by atoms with Crippen LogP contribution in [0.2, 0.25) is 0 Å². The third kappa shape index (κ3) is 5.92. The number of carbonyl (C=O) groups is 3. The van der Waals surface area contributed by atoms with Crippen LogP contribution in [0.1, 0.15) is 12.5 Å². The number of carbonyl (C=O) groups excluding carboxylic acids is 3. The topological polar surface area (TPSA) is 113 Å². The fraction of sp³-hybridized carbons (Fsp3) is 0.400. The summed E-state index contributed by atoms with van der Waals surface area (Å²) in [5.41, 5.74) is 6.31. The molecule has 0 heterocycles. The van der Waals surface area contributed by atoms with Crippen LogP contribution in [0.15, 0.2) is 30.3 Å². The van der Waals surface area contributed by atoms with Crippen molar-refractivity contribution >= 4 is 17.7 Å². The molecule has 5 N–H and O–H groups in total. The minimum Gasteiger partial charge on any atom is -0.357 e. The number of amides is 3. The molecule has 0 radical (unpaired) electrons. The maximum atomic E-state index is 11.9. The van der Waals surface area contributed by atoms with Gasteiger partial charge in [-0.05, 0) is 12.5 Å². The molecule has 0 saturated carbocycles. The fourth-order valence-electron chi connectivity index (χ4n) is 1.81. The Kier molecular flexibility index (Phi) is 7.04. The molecule has 2 atom stereocenters. The van der Waals surface area contributed by atoms with Gasteiger partial charge in [-0.15, -0.1) is 0 Å².